The third kappa shape index (κ3) is 2.86. The van der Waals surface area contributed by atoms with E-state index in [9.17, 15) is 8.78 Å². The highest BCUT2D eigenvalue weighted by atomic mass is 19.2. The van der Waals surface area contributed by atoms with Crippen LogP contribution in [0.4, 0.5) is 14.5 Å². The normalized spacial score (nSPS) is 11.0. The van der Waals surface area contributed by atoms with Gasteiger partial charge in [-0.25, -0.2) is 13.8 Å². The number of anilines is 1. The summed E-state index contributed by atoms with van der Waals surface area (Å²) in [6, 6.07) is 10.7. The van der Waals surface area contributed by atoms with Crippen molar-refractivity contribution in [1.82, 2.24) is 9.97 Å². The summed E-state index contributed by atoms with van der Waals surface area (Å²) in [5.74, 6) is -1.14. The number of halogens is 2. The first-order valence-electron chi connectivity index (χ1n) is 6.76. The van der Waals surface area contributed by atoms with Crippen molar-refractivity contribution in [2.24, 2.45) is 0 Å². The van der Waals surface area contributed by atoms with Crippen molar-refractivity contribution >= 4 is 16.7 Å². The first kappa shape index (κ1) is 13.5. The van der Waals surface area contributed by atoms with Crippen molar-refractivity contribution in [3.63, 3.8) is 0 Å². The molecule has 0 bridgehead atoms. The Morgan fingerprint density at radius 2 is 1.86 bits per heavy atom. The van der Waals surface area contributed by atoms with Gasteiger partial charge in [-0.2, -0.15) is 0 Å². The Bertz CT molecular complexity index is 763. The molecule has 2 N–H and O–H groups in total. The maximum absolute atomic E-state index is 13.6. The molecule has 0 saturated heterocycles. The van der Waals surface area contributed by atoms with Crippen LogP contribution in [0.3, 0.4) is 0 Å². The predicted octanol–water partition coefficient (Wildman–Crippen LogP) is 3.80. The monoisotopic (exact) mass is 287 g/mol. The predicted molar refractivity (Wildman–Crippen MR) is 79.4 cm³/mol. The van der Waals surface area contributed by atoms with Crippen molar-refractivity contribution in [3.8, 4) is 0 Å². The lowest BCUT2D eigenvalue weighted by molar-refractivity contribution is 0.515. The zero-order chi connectivity index (χ0) is 14.8. The van der Waals surface area contributed by atoms with Crippen LogP contribution in [0.2, 0.25) is 0 Å². The molecule has 0 spiro atoms. The number of aryl methyl sites for hydroxylation is 1. The topological polar surface area (TPSA) is 40.7 Å². The van der Waals surface area contributed by atoms with Crippen molar-refractivity contribution < 1.29 is 8.78 Å². The lowest BCUT2D eigenvalue weighted by Gasteiger charge is -2.05. The van der Waals surface area contributed by atoms with E-state index in [1.54, 1.807) is 0 Å². The van der Waals surface area contributed by atoms with Gasteiger partial charge in [0.2, 0.25) is 0 Å². The van der Waals surface area contributed by atoms with Crippen LogP contribution < -0.4 is 5.32 Å². The number of aromatic nitrogens is 2. The van der Waals surface area contributed by atoms with Gasteiger partial charge in [-0.1, -0.05) is 17.7 Å². The molecule has 2 aromatic carbocycles. The van der Waals surface area contributed by atoms with E-state index in [2.05, 4.69) is 15.3 Å². The van der Waals surface area contributed by atoms with Gasteiger partial charge >= 0.3 is 0 Å². The number of nitrogens with zero attached hydrogens (tertiary/aromatic N) is 1. The lowest BCUT2D eigenvalue weighted by atomic mass is 10.2. The van der Waals surface area contributed by atoms with Crippen LogP contribution >= 0.6 is 0 Å². The molecule has 108 valence electrons. The lowest BCUT2D eigenvalue weighted by Crippen LogP contribution is -2.05. The second kappa shape index (κ2) is 5.52. The molecule has 0 fully saturated rings. The molecule has 3 rings (SSSR count). The molecular formula is C16H15F2N3. The highest BCUT2D eigenvalue weighted by Gasteiger charge is 2.11. The van der Waals surface area contributed by atoms with Crippen LogP contribution in [-0.2, 0) is 6.42 Å². The summed E-state index contributed by atoms with van der Waals surface area (Å²) in [6.45, 7) is 2.69. The summed E-state index contributed by atoms with van der Waals surface area (Å²) in [4.78, 5) is 7.11. The first-order valence-corrected chi connectivity index (χ1v) is 6.76. The third-order valence-electron chi connectivity index (χ3n) is 3.34. The summed E-state index contributed by atoms with van der Waals surface area (Å²) < 4.78 is 26.7. The molecule has 0 aliphatic heterocycles. The maximum atomic E-state index is 13.6. The molecule has 1 heterocycles. The minimum atomic E-state index is -0.901. The molecule has 0 unspecified atom stereocenters. The molecule has 0 atom stereocenters. The summed E-state index contributed by atoms with van der Waals surface area (Å²) in [7, 11) is 0. The van der Waals surface area contributed by atoms with Crippen molar-refractivity contribution in [3.05, 3.63) is 59.4 Å². The fourth-order valence-electron chi connectivity index (χ4n) is 2.18. The minimum Gasteiger partial charge on any atom is -0.385 e. The van der Waals surface area contributed by atoms with Crippen LogP contribution in [0.5, 0.6) is 0 Å². The van der Waals surface area contributed by atoms with E-state index in [1.165, 1.54) is 11.6 Å². The molecule has 0 radical (unpaired) electrons. The first-order chi connectivity index (χ1) is 10.1. The van der Waals surface area contributed by atoms with Gasteiger partial charge in [-0.15, -0.1) is 0 Å². The molecule has 0 aliphatic rings. The van der Waals surface area contributed by atoms with Crippen LogP contribution in [0.25, 0.3) is 11.0 Å². The zero-order valence-electron chi connectivity index (χ0n) is 11.6. The van der Waals surface area contributed by atoms with Crippen LogP contribution in [0.1, 0.15) is 11.4 Å². The molecule has 5 heteroatoms. The molecule has 0 aliphatic carbocycles. The van der Waals surface area contributed by atoms with Crippen LogP contribution in [0.15, 0.2) is 36.4 Å². The zero-order valence-corrected chi connectivity index (χ0v) is 11.6. The van der Waals surface area contributed by atoms with Gasteiger partial charge < -0.3 is 10.3 Å². The van der Waals surface area contributed by atoms with Crippen LogP contribution in [-0.4, -0.2) is 16.5 Å². The number of imidazole rings is 1. The number of aromatic amines is 1. The van der Waals surface area contributed by atoms with Gasteiger partial charge in [0.15, 0.2) is 11.6 Å². The fourth-order valence-corrected chi connectivity index (χ4v) is 2.18. The average molecular weight is 287 g/mol. The molecule has 1 aromatic heterocycles. The summed E-state index contributed by atoms with van der Waals surface area (Å²) in [6.07, 6.45) is 0.601. The molecule has 3 aromatic rings. The SMILES string of the molecule is Cc1ccc(NCCc2nc3c(F)c(F)ccc3[nH]2)cc1. The number of nitrogens with one attached hydrogen (secondary N) is 2. The summed E-state index contributed by atoms with van der Waals surface area (Å²) in [5, 5.41) is 3.26. The van der Waals surface area contributed by atoms with Gasteiger partial charge in [-0.3, -0.25) is 0 Å². The Kier molecular flexibility index (Phi) is 3.56. The second-order valence-electron chi connectivity index (χ2n) is 4.98. The van der Waals surface area contributed by atoms with E-state index in [4.69, 9.17) is 0 Å². The number of H-pyrrole nitrogens is 1. The van der Waals surface area contributed by atoms with E-state index >= 15 is 0 Å². The Labute approximate surface area is 121 Å². The largest absolute Gasteiger partial charge is 0.385 e. The molecule has 3 nitrogen and oxygen atoms in total. The standard InChI is InChI=1S/C16H15F2N3/c1-10-2-4-11(5-3-10)19-9-8-14-20-13-7-6-12(17)15(18)16(13)21-14/h2-7,19H,8-9H2,1H3,(H,20,21). The fraction of sp³-hybridized carbons (Fsp3) is 0.188. The van der Waals surface area contributed by atoms with Gasteiger partial charge in [0.05, 0.1) is 5.52 Å². The van der Waals surface area contributed by atoms with E-state index in [0.29, 0.717) is 24.3 Å². The molecule has 0 amide bonds. The van der Waals surface area contributed by atoms with Gasteiger partial charge in [0.1, 0.15) is 11.3 Å². The quantitative estimate of drug-likeness (QED) is 0.766. The number of hydrogen-bond donors (Lipinski definition) is 2. The second-order valence-corrected chi connectivity index (χ2v) is 4.98. The third-order valence-corrected chi connectivity index (χ3v) is 3.34. The number of benzene rings is 2. The highest BCUT2D eigenvalue weighted by molar-refractivity contribution is 5.75. The molecule has 21 heavy (non-hydrogen) atoms. The maximum Gasteiger partial charge on any atom is 0.186 e. The Hall–Kier alpha value is -2.43. The van der Waals surface area contributed by atoms with Gasteiger partial charge in [0, 0.05) is 18.7 Å². The Balaban J connectivity index is 1.68. The highest BCUT2D eigenvalue weighted by Crippen LogP contribution is 2.18. The number of rotatable bonds is 4. The number of fused-ring (bicyclic) bond motifs is 1. The summed E-state index contributed by atoms with van der Waals surface area (Å²) >= 11 is 0. The number of hydrogen-bond acceptors (Lipinski definition) is 2. The Morgan fingerprint density at radius 1 is 1.10 bits per heavy atom. The Morgan fingerprint density at radius 3 is 2.62 bits per heavy atom. The minimum absolute atomic E-state index is 0.0559. The van der Waals surface area contributed by atoms with Crippen LogP contribution in [0, 0.1) is 18.6 Å². The van der Waals surface area contributed by atoms with E-state index in [-0.39, 0.29) is 5.52 Å². The van der Waals surface area contributed by atoms with Crippen molar-refractivity contribution in [1.29, 1.82) is 0 Å². The van der Waals surface area contributed by atoms with E-state index < -0.39 is 11.6 Å². The molecular weight excluding hydrogens is 272 g/mol. The van der Waals surface area contributed by atoms with E-state index in [1.807, 2.05) is 31.2 Å². The van der Waals surface area contributed by atoms with Gasteiger partial charge in [-0.05, 0) is 31.2 Å². The molecule has 0 saturated carbocycles. The summed E-state index contributed by atoms with van der Waals surface area (Å²) in [5.41, 5.74) is 2.80. The van der Waals surface area contributed by atoms with Crippen molar-refractivity contribution in [2.45, 2.75) is 13.3 Å². The van der Waals surface area contributed by atoms with Gasteiger partial charge in [0.25, 0.3) is 0 Å². The average Bonchev–Trinajstić information content (AvgIpc) is 2.89. The smallest absolute Gasteiger partial charge is 0.186 e. The van der Waals surface area contributed by atoms with Crippen molar-refractivity contribution in [2.75, 3.05) is 11.9 Å². The van der Waals surface area contributed by atoms with E-state index in [0.717, 1.165) is 11.8 Å².